The number of aliphatic hydroxyl groups is 1. The molecule has 1 aromatic carbocycles. The molecule has 1 unspecified atom stereocenters. The smallest absolute Gasteiger partial charge is 0.251 e. The SMILES string of the molecule is CCC(CO)NC(=O)c1ccc2nc[nH]c2c1. The van der Waals surface area contributed by atoms with Crippen LogP contribution in [0.25, 0.3) is 11.0 Å². The van der Waals surface area contributed by atoms with Crippen molar-refractivity contribution in [3.05, 3.63) is 30.1 Å². The van der Waals surface area contributed by atoms with Crippen LogP contribution in [-0.2, 0) is 0 Å². The zero-order valence-electron chi connectivity index (χ0n) is 9.60. The lowest BCUT2D eigenvalue weighted by Crippen LogP contribution is -2.36. The number of nitrogens with one attached hydrogen (secondary N) is 2. The van der Waals surface area contributed by atoms with Crippen LogP contribution < -0.4 is 5.32 Å². The molecular formula is C12H15N3O2. The van der Waals surface area contributed by atoms with Crippen LogP contribution >= 0.6 is 0 Å². The van der Waals surface area contributed by atoms with Crippen molar-refractivity contribution in [1.82, 2.24) is 15.3 Å². The number of fused-ring (bicyclic) bond motifs is 1. The first-order chi connectivity index (χ1) is 8.24. The summed E-state index contributed by atoms with van der Waals surface area (Å²) in [5, 5.41) is 11.8. The minimum Gasteiger partial charge on any atom is -0.394 e. The third-order valence-electron chi connectivity index (χ3n) is 2.73. The molecule has 1 amide bonds. The number of imidazole rings is 1. The molecule has 0 radical (unpaired) electrons. The van der Waals surface area contributed by atoms with Gasteiger partial charge in [-0.2, -0.15) is 0 Å². The summed E-state index contributed by atoms with van der Waals surface area (Å²) < 4.78 is 0. The Kier molecular flexibility index (Phi) is 3.39. The fourth-order valence-corrected chi connectivity index (χ4v) is 1.62. The lowest BCUT2D eigenvalue weighted by Gasteiger charge is -2.13. The predicted octanol–water partition coefficient (Wildman–Crippen LogP) is 1.06. The maximum Gasteiger partial charge on any atom is 0.251 e. The lowest BCUT2D eigenvalue weighted by atomic mass is 10.1. The number of aromatic amines is 1. The standard InChI is InChI=1S/C12H15N3O2/c1-2-9(6-16)15-12(17)8-3-4-10-11(5-8)14-7-13-10/h3-5,7,9,16H,2,6H2,1H3,(H,13,14)(H,15,17). The van der Waals surface area contributed by atoms with Crippen LogP contribution in [0.5, 0.6) is 0 Å². The van der Waals surface area contributed by atoms with E-state index >= 15 is 0 Å². The fourth-order valence-electron chi connectivity index (χ4n) is 1.62. The zero-order valence-corrected chi connectivity index (χ0v) is 9.60. The Bertz CT molecular complexity index is 517. The van der Waals surface area contributed by atoms with Gasteiger partial charge in [-0.25, -0.2) is 4.98 Å². The van der Waals surface area contributed by atoms with Crippen LogP contribution in [0.15, 0.2) is 24.5 Å². The van der Waals surface area contributed by atoms with E-state index in [-0.39, 0.29) is 18.6 Å². The summed E-state index contributed by atoms with van der Waals surface area (Å²) in [6.45, 7) is 1.87. The molecule has 1 atom stereocenters. The van der Waals surface area contributed by atoms with Crippen molar-refractivity contribution in [3.63, 3.8) is 0 Å². The third-order valence-corrected chi connectivity index (χ3v) is 2.73. The number of hydrogen-bond acceptors (Lipinski definition) is 3. The van der Waals surface area contributed by atoms with Crippen LogP contribution in [0.1, 0.15) is 23.7 Å². The highest BCUT2D eigenvalue weighted by atomic mass is 16.3. The summed E-state index contributed by atoms with van der Waals surface area (Å²) in [4.78, 5) is 18.9. The van der Waals surface area contributed by atoms with E-state index in [2.05, 4.69) is 15.3 Å². The normalized spacial score (nSPS) is 12.6. The van der Waals surface area contributed by atoms with Crippen LogP contribution in [0.2, 0.25) is 0 Å². The van der Waals surface area contributed by atoms with E-state index in [1.165, 1.54) is 0 Å². The molecule has 0 spiro atoms. The Labute approximate surface area is 98.9 Å². The first kappa shape index (κ1) is 11.6. The Hall–Kier alpha value is -1.88. The van der Waals surface area contributed by atoms with Gasteiger partial charge in [-0.05, 0) is 24.6 Å². The van der Waals surface area contributed by atoms with Crippen LogP contribution in [-0.4, -0.2) is 33.6 Å². The molecule has 1 heterocycles. The van der Waals surface area contributed by atoms with Crippen LogP contribution in [0.4, 0.5) is 0 Å². The van der Waals surface area contributed by atoms with Crippen molar-refractivity contribution >= 4 is 16.9 Å². The molecule has 5 heteroatoms. The average molecular weight is 233 g/mol. The maximum absolute atomic E-state index is 11.9. The van der Waals surface area contributed by atoms with E-state index in [0.29, 0.717) is 12.0 Å². The van der Waals surface area contributed by atoms with Gasteiger partial charge < -0.3 is 15.4 Å². The van der Waals surface area contributed by atoms with Crippen molar-refractivity contribution in [3.8, 4) is 0 Å². The molecule has 0 bridgehead atoms. The number of H-pyrrole nitrogens is 1. The first-order valence-electron chi connectivity index (χ1n) is 5.59. The topological polar surface area (TPSA) is 78.0 Å². The van der Waals surface area contributed by atoms with Crippen molar-refractivity contribution in [2.75, 3.05) is 6.61 Å². The molecule has 1 aromatic heterocycles. The van der Waals surface area contributed by atoms with Crippen molar-refractivity contribution in [2.24, 2.45) is 0 Å². The number of carbonyl (C=O) groups is 1. The average Bonchev–Trinajstić information content (AvgIpc) is 2.82. The number of benzene rings is 1. The van der Waals surface area contributed by atoms with Crippen molar-refractivity contribution in [1.29, 1.82) is 0 Å². The highest BCUT2D eigenvalue weighted by molar-refractivity contribution is 5.97. The fraction of sp³-hybridized carbons (Fsp3) is 0.333. The highest BCUT2D eigenvalue weighted by Gasteiger charge is 2.11. The molecule has 2 rings (SSSR count). The second-order valence-corrected chi connectivity index (χ2v) is 3.90. The summed E-state index contributed by atoms with van der Waals surface area (Å²) in [6.07, 6.45) is 2.30. The Morgan fingerprint density at radius 1 is 1.59 bits per heavy atom. The lowest BCUT2D eigenvalue weighted by molar-refractivity contribution is 0.0915. The van der Waals surface area contributed by atoms with Gasteiger partial charge >= 0.3 is 0 Å². The molecule has 17 heavy (non-hydrogen) atoms. The van der Waals surface area contributed by atoms with Gasteiger partial charge in [-0.15, -0.1) is 0 Å². The number of aromatic nitrogens is 2. The number of hydrogen-bond donors (Lipinski definition) is 3. The highest BCUT2D eigenvalue weighted by Crippen LogP contribution is 2.11. The van der Waals surface area contributed by atoms with E-state index in [4.69, 9.17) is 5.11 Å². The summed E-state index contributed by atoms with van der Waals surface area (Å²) in [6, 6.07) is 5.07. The molecule has 2 aromatic rings. The van der Waals surface area contributed by atoms with Crippen molar-refractivity contribution < 1.29 is 9.90 Å². The van der Waals surface area contributed by atoms with Gasteiger partial charge in [0.2, 0.25) is 0 Å². The molecule has 5 nitrogen and oxygen atoms in total. The second-order valence-electron chi connectivity index (χ2n) is 3.90. The predicted molar refractivity (Wildman–Crippen MR) is 64.7 cm³/mol. The van der Waals surface area contributed by atoms with E-state index in [9.17, 15) is 4.79 Å². The molecule has 0 aliphatic carbocycles. The van der Waals surface area contributed by atoms with Gasteiger partial charge in [-0.1, -0.05) is 6.92 Å². The molecular weight excluding hydrogens is 218 g/mol. The van der Waals surface area contributed by atoms with Gasteiger partial charge in [0.1, 0.15) is 0 Å². The van der Waals surface area contributed by atoms with Gasteiger partial charge in [0.15, 0.2) is 0 Å². The Balaban J connectivity index is 2.18. The van der Waals surface area contributed by atoms with Gasteiger partial charge in [-0.3, -0.25) is 4.79 Å². The van der Waals surface area contributed by atoms with E-state index in [0.717, 1.165) is 11.0 Å². The quantitative estimate of drug-likeness (QED) is 0.739. The number of aliphatic hydroxyl groups excluding tert-OH is 1. The van der Waals surface area contributed by atoms with Gasteiger partial charge in [0.25, 0.3) is 5.91 Å². The number of rotatable bonds is 4. The summed E-state index contributed by atoms with van der Waals surface area (Å²) in [7, 11) is 0. The molecule has 0 aliphatic heterocycles. The molecule has 0 aliphatic rings. The minimum absolute atomic E-state index is 0.0471. The molecule has 90 valence electrons. The monoisotopic (exact) mass is 233 g/mol. The van der Waals surface area contributed by atoms with Crippen molar-refractivity contribution in [2.45, 2.75) is 19.4 Å². The molecule has 0 fully saturated rings. The number of amides is 1. The number of carbonyl (C=O) groups excluding carboxylic acids is 1. The molecule has 3 N–H and O–H groups in total. The van der Waals surface area contributed by atoms with E-state index in [1.54, 1.807) is 24.5 Å². The minimum atomic E-state index is -0.194. The second kappa shape index (κ2) is 4.97. The summed E-state index contributed by atoms with van der Waals surface area (Å²) in [5.41, 5.74) is 2.22. The van der Waals surface area contributed by atoms with Crippen LogP contribution in [0.3, 0.4) is 0 Å². The zero-order chi connectivity index (χ0) is 12.3. The summed E-state index contributed by atoms with van der Waals surface area (Å²) in [5.74, 6) is -0.178. The third kappa shape index (κ3) is 2.45. The largest absolute Gasteiger partial charge is 0.394 e. The van der Waals surface area contributed by atoms with Gasteiger partial charge in [0, 0.05) is 5.56 Å². The Morgan fingerprint density at radius 3 is 3.12 bits per heavy atom. The Morgan fingerprint density at radius 2 is 2.41 bits per heavy atom. The number of nitrogens with zero attached hydrogens (tertiary/aromatic N) is 1. The summed E-state index contributed by atoms with van der Waals surface area (Å²) >= 11 is 0. The van der Waals surface area contributed by atoms with Gasteiger partial charge in [0.05, 0.1) is 30.0 Å². The maximum atomic E-state index is 11.9. The van der Waals surface area contributed by atoms with E-state index < -0.39 is 0 Å². The van der Waals surface area contributed by atoms with Crippen LogP contribution in [0, 0.1) is 0 Å². The van der Waals surface area contributed by atoms with E-state index in [1.807, 2.05) is 6.92 Å². The molecule has 0 saturated heterocycles. The molecule has 0 saturated carbocycles. The first-order valence-corrected chi connectivity index (χ1v) is 5.59.